The largest absolute Gasteiger partial charge is 0.378 e. The molecule has 0 bridgehead atoms. The van der Waals surface area contributed by atoms with E-state index in [4.69, 9.17) is 40.2 Å². The summed E-state index contributed by atoms with van der Waals surface area (Å²) in [5.41, 5.74) is 1.73. The van der Waals surface area contributed by atoms with E-state index in [2.05, 4.69) is 10.6 Å². The Morgan fingerprint density at radius 3 is 2.47 bits per heavy atom. The van der Waals surface area contributed by atoms with E-state index >= 15 is 0 Å². The lowest BCUT2D eigenvalue weighted by Gasteiger charge is -2.27. The minimum Gasteiger partial charge on any atom is -0.378 e. The van der Waals surface area contributed by atoms with Crippen molar-refractivity contribution in [2.75, 3.05) is 31.6 Å². The van der Waals surface area contributed by atoms with Crippen molar-refractivity contribution in [1.82, 2.24) is 10.2 Å². The second-order valence-electron chi connectivity index (χ2n) is 6.43. The SMILES string of the molecule is O=C(/C=C/c1ccc(Cl)cc1)NC(=S)Nc1cc(C(=O)N2CCOCC2)ccc1Cl. The summed E-state index contributed by atoms with van der Waals surface area (Å²) in [6, 6.07) is 11.9. The van der Waals surface area contributed by atoms with Gasteiger partial charge >= 0.3 is 0 Å². The first kappa shape index (κ1) is 22.2. The third-order valence-electron chi connectivity index (χ3n) is 4.29. The van der Waals surface area contributed by atoms with Crippen LogP contribution < -0.4 is 10.6 Å². The average Bonchev–Trinajstić information content (AvgIpc) is 2.75. The van der Waals surface area contributed by atoms with Crippen molar-refractivity contribution in [3.63, 3.8) is 0 Å². The van der Waals surface area contributed by atoms with Crippen LogP contribution in [0.25, 0.3) is 6.08 Å². The number of carbonyl (C=O) groups is 2. The molecule has 9 heteroatoms. The van der Waals surface area contributed by atoms with Gasteiger partial charge < -0.3 is 15.0 Å². The van der Waals surface area contributed by atoms with Crippen molar-refractivity contribution < 1.29 is 14.3 Å². The molecule has 2 amide bonds. The first-order valence-electron chi connectivity index (χ1n) is 9.14. The molecular weight excluding hydrogens is 445 g/mol. The zero-order valence-electron chi connectivity index (χ0n) is 15.9. The molecule has 1 aliphatic heterocycles. The summed E-state index contributed by atoms with van der Waals surface area (Å²) in [6.07, 6.45) is 3.00. The fraction of sp³-hybridized carbons (Fsp3) is 0.190. The van der Waals surface area contributed by atoms with E-state index in [1.165, 1.54) is 6.08 Å². The highest BCUT2D eigenvalue weighted by atomic mass is 35.5. The van der Waals surface area contributed by atoms with Crippen LogP contribution in [0.2, 0.25) is 10.0 Å². The Bertz CT molecular complexity index is 974. The number of morpholine rings is 1. The average molecular weight is 464 g/mol. The molecule has 1 fully saturated rings. The van der Waals surface area contributed by atoms with E-state index in [1.54, 1.807) is 53.4 Å². The molecule has 0 radical (unpaired) electrons. The minimum atomic E-state index is -0.404. The van der Waals surface area contributed by atoms with Gasteiger partial charge in [-0.25, -0.2) is 0 Å². The molecule has 0 atom stereocenters. The lowest BCUT2D eigenvalue weighted by molar-refractivity contribution is -0.115. The molecule has 2 N–H and O–H groups in total. The van der Waals surface area contributed by atoms with Crippen LogP contribution in [-0.2, 0) is 9.53 Å². The van der Waals surface area contributed by atoms with Crippen molar-refractivity contribution in [3.05, 3.63) is 69.7 Å². The van der Waals surface area contributed by atoms with E-state index in [0.717, 1.165) is 5.56 Å². The molecule has 0 spiro atoms. The Hall–Kier alpha value is -2.45. The Morgan fingerprint density at radius 1 is 1.07 bits per heavy atom. The zero-order chi connectivity index (χ0) is 21.5. The van der Waals surface area contributed by atoms with Gasteiger partial charge in [0.15, 0.2) is 5.11 Å². The maximum absolute atomic E-state index is 12.6. The minimum absolute atomic E-state index is 0.0682. The molecule has 30 heavy (non-hydrogen) atoms. The van der Waals surface area contributed by atoms with E-state index in [1.807, 2.05) is 0 Å². The Labute approximate surface area is 189 Å². The quantitative estimate of drug-likeness (QED) is 0.529. The summed E-state index contributed by atoms with van der Waals surface area (Å²) in [4.78, 5) is 26.5. The molecule has 1 heterocycles. The standard InChI is InChI=1S/C21H19Cl2N3O3S/c22-16-5-1-14(2-6-16)3-8-19(27)25-21(30)24-18-13-15(4-7-17(18)23)20(28)26-9-11-29-12-10-26/h1-8,13H,9-12H2,(H2,24,25,27,30)/b8-3+. The summed E-state index contributed by atoms with van der Waals surface area (Å²) in [5.74, 6) is -0.516. The van der Waals surface area contributed by atoms with Gasteiger partial charge in [-0.2, -0.15) is 0 Å². The number of carbonyl (C=O) groups excluding carboxylic acids is 2. The molecule has 3 rings (SSSR count). The fourth-order valence-corrected chi connectivity index (χ4v) is 3.26. The Balaban J connectivity index is 1.60. The van der Waals surface area contributed by atoms with Gasteiger partial charge in [0.05, 0.1) is 23.9 Å². The highest BCUT2D eigenvalue weighted by Gasteiger charge is 2.19. The molecule has 1 saturated heterocycles. The first-order valence-corrected chi connectivity index (χ1v) is 10.3. The number of nitrogens with zero attached hydrogens (tertiary/aromatic N) is 1. The number of amides is 2. The number of ether oxygens (including phenoxy) is 1. The molecule has 0 unspecified atom stereocenters. The van der Waals surface area contributed by atoms with E-state index in [0.29, 0.717) is 47.6 Å². The number of nitrogens with one attached hydrogen (secondary N) is 2. The second kappa shape index (κ2) is 10.5. The van der Waals surface area contributed by atoms with E-state index < -0.39 is 5.91 Å². The highest BCUT2D eigenvalue weighted by Crippen LogP contribution is 2.24. The highest BCUT2D eigenvalue weighted by molar-refractivity contribution is 7.80. The van der Waals surface area contributed by atoms with Crippen LogP contribution in [0, 0.1) is 0 Å². The normalized spacial score (nSPS) is 13.9. The number of thiocarbonyl (C=S) groups is 1. The van der Waals surface area contributed by atoms with Crippen molar-refractivity contribution in [3.8, 4) is 0 Å². The zero-order valence-corrected chi connectivity index (χ0v) is 18.2. The van der Waals surface area contributed by atoms with Crippen LogP contribution in [0.1, 0.15) is 15.9 Å². The van der Waals surface area contributed by atoms with Crippen molar-refractivity contribution in [2.45, 2.75) is 0 Å². The summed E-state index contributed by atoms with van der Waals surface area (Å²) >= 11 is 17.2. The van der Waals surface area contributed by atoms with E-state index in [-0.39, 0.29) is 11.0 Å². The molecule has 0 aromatic heterocycles. The third-order valence-corrected chi connectivity index (χ3v) is 5.08. The van der Waals surface area contributed by atoms with Gasteiger partial charge in [0.1, 0.15) is 0 Å². The van der Waals surface area contributed by atoms with Crippen molar-refractivity contribution in [2.24, 2.45) is 0 Å². The van der Waals surface area contributed by atoms with Crippen LogP contribution >= 0.6 is 35.4 Å². The summed E-state index contributed by atoms with van der Waals surface area (Å²) in [6.45, 7) is 2.12. The maximum Gasteiger partial charge on any atom is 0.254 e. The van der Waals surface area contributed by atoms with Crippen LogP contribution in [0.15, 0.2) is 48.5 Å². The maximum atomic E-state index is 12.6. The number of halogens is 2. The monoisotopic (exact) mass is 463 g/mol. The summed E-state index contributed by atoms with van der Waals surface area (Å²) in [5, 5.41) is 6.48. The van der Waals surface area contributed by atoms with Crippen molar-refractivity contribution in [1.29, 1.82) is 0 Å². The molecular formula is C21H19Cl2N3O3S. The molecule has 0 saturated carbocycles. The predicted octanol–water partition coefficient (Wildman–Crippen LogP) is 3.99. The molecule has 2 aromatic rings. The summed E-state index contributed by atoms with van der Waals surface area (Å²) in [7, 11) is 0. The molecule has 6 nitrogen and oxygen atoms in total. The van der Waals surface area contributed by atoms with Gasteiger partial charge in [0.25, 0.3) is 5.91 Å². The first-order chi connectivity index (χ1) is 14.4. The van der Waals surface area contributed by atoms with Gasteiger partial charge in [-0.15, -0.1) is 0 Å². The number of hydrogen-bond acceptors (Lipinski definition) is 4. The van der Waals surface area contributed by atoms with Gasteiger partial charge in [0, 0.05) is 29.8 Å². The van der Waals surface area contributed by atoms with Crippen LogP contribution in [0.3, 0.4) is 0 Å². The van der Waals surface area contributed by atoms with Gasteiger partial charge in [0.2, 0.25) is 5.91 Å². The molecule has 1 aliphatic rings. The van der Waals surface area contributed by atoms with Gasteiger partial charge in [-0.05, 0) is 54.2 Å². The molecule has 0 aliphatic carbocycles. The Morgan fingerprint density at radius 2 is 1.77 bits per heavy atom. The number of benzene rings is 2. The number of hydrogen-bond donors (Lipinski definition) is 2. The van der Waals surface area contributed by atoms with Crippen LogP contribution in [0.4, 0.5) is 5.69 Å². The van der Waals surface area contributed by atoms with Crippen LogP contribution in [-0.4, -0.2) is 48.1 Å². The third kappa shape index (κ3) is 6.27. The molecule has 2 aromatic carbocycles. The van der Waals surface area contributed by atoms with E-state index in [9.17, 15) is 9.59 Å². The summed E-state index contributed by atoms with van der Waals surface area (Å²) < 4.78 is 5.28. The van der Waals surface area contributed by atoms with Crippen LogP contribution in [0.5, 0.6) is 0 Å². The smallest absolute Gasteiger partial charge is 0.254 e. The number of rotatable bonds is 4. The Kier molecular flexibility index (Phi) is 7.81. The fourth-order valence-electron chi connectivity index (χ4n) is 2.76. The van der Waals surface area contributed by atoms with Gasteiger partial charge in [-0.3, -0.25) is 14.9 Å². The molecule has 156 valence electrons. The lowest BCUT2D eigenvalue weighted by Crippen LogP contribution is -2.40. The van der Waals surface area contributed by atoms with Crippen molar-refractivity contribution >= 4 is 64.1 Å². The lowest BCUT2D eigenvalue weighted by atomic mass is 10.1. The second-order valence-corrected chi connectivity index (χ2v) is 7.68. The topological polar surface area (TPSA) is 70.7 Å². The number of anilines is 1. The van der Waals surface area contributed by atoms with Gasteiger partial charge in [-0.1, -0.05) is 35.3 Å². The predicted molar refractivity (Wildman–Crippen MR) is 123 cm³/mol.